The highest BCUT2D eigenvalue weighted by molar-refractivity contribution is 9.10. The van der Waals surface area contributed by atoms with Crippen molar-refractivity contribution in [2.45, 2.75) is 18.5 Å². The SMILES string of the molecule is F[C@@H]1CNCC[C@@H]1c1ccc(Br)cc1. The molecule has 0 aromatic heterocycles. The Morgan fingerprint density at radius 3 is 2.64 bits per heavy atom. The molecule has 0 unspecified atom stereocenters. The van der Waals surface area contributed by atoms with Crippen LogP contribution in [0.3, 0.4) is 0 Å². The van der Waals surface area contributed by atoms with Crippen molar-refractivity contribution < 1.29 is 4.39 Å². The summed E-state index contributed by atoms with van der Waals surface area (Å²) in [6.45, 7) is 1.40. The number of benzene rings is 1. The average Bonchev–Trinajstić information content (AvgIpc) is 2.20. The predicted octanol–water partition coefficient (Wildman–Crippen LogP) is 2.86. The normalized spacial score (nSPS) is 27.6. The van der Waals surface area contributed by atoms with Gasteiger partial charge in [0.1, 0.15) is 6.17 Å². The Morgan fingerprint density at radius 2 is 2.00 bits per heavy atom. The molecule has 1 aliphatic heterocycles. The average molecular weight is 258 g/mol. The molecule has 14 heavy (non-hydrogen) atoms. The number of hydrogen-bond donors (Lipinski definition) is 1. The second-order valence-electron chi connectivity index (χ2n) is 3.67. The van der Waals surface area contributed by atoms with Crippen molar-refractivity contribution in [3.8, 4) is 0 Å². The molecule has 1 aromatic carbocycles. The topological polar surface area (TPSA) is 12.0 Å². The Labute approximate surface area is 91.8 Å². The van der Waals surface area contributed by atoms with Crippen LogP contribution in [0.15, 0.2) is 28.7 Å². The Bertz CT molecular complexity index is 299. The zero-order chi connectivity index (χ0) is 9.97. The maximum absolute atomic E-state index is 13.6. The van der Waals surface area contributed by atoms with Crippen molar-refractivity contribution in [2.24, 2.45) is 0 Å². The molecule has 1 N–H and O–H groups in total. The maximum Gasteiger partial charge on any atom is 0.119 e. The van der Waals surface area contributed by atoms with Crippen LogP contribution in [0, 0.1) is 0 Å². The molecule has 0 bridgehead atoms. The Hall–Kier alpha value is -0.410. The minimum atomic E-state index is -0.745. The number of alkyl halides is 1. The minimum Gasteiger partial charge on any atom is -0.314 e. The van der Waals surface area contributed by atoms with Gasteiger partial charge in [-0.3, -0.25) is 0 Å². The first-order valence-corrected chi connectivity index (χ1v) is 5.67. The van der Waals surface area contributed by atoms with Gasteiger partial charge < -0.3 is 5.32 Å². The lowest BCUT2D eigenvalue weighted by atomic mass is 9.89. The highest BCUT2D eigenvalue weighted by atomic mass is 79.9. The lowest BCUT2D eigenvalue weighted by Gasteiger charge is -2.26. The molecule has 1 heterocycles. The number of piperidine rings is 1. The molecule has 1 nitrogen and oxygen atoms in total. The third kappa shape index (κ3) is 2.15. The fraction of sp³-hybridized carbons (Fsp3) is 0.455. The van der Waals surface area contributed by atoms with E-state index in [-0.39, 0.29) is 5.92 Å². The van der Waals surface area contributed by atoms with Crippen molar-refractivity contribution in [3.63, 3.8) is 0 Å². The largest absolute Gasteiger partial charge is 0.314 e. The highest BCUT2D eigenvalue weighted by Gasteiger charge is 2.25. The lowest BCUT2D eigenvalue weighted by molar-refractivity contribution is 0.231. The van der Waals surface area contributed by atoms with E-state index in [4.69, 9.17) is 0 Å². The molecular formula is C11H13BrFN. The van der Waals surface area contributed by atoms with E-state index in [1.54, 1.807) is 0 Å². The molecule has 3 heteroatoms. The Morgan fingerprint density at radius 1 is 1.29 bits per heavy atom. The smallest absolute Gasteiger partial charge is 0.119 e. The minimum absolute atomic E-state index is 0.0735. The fourth-order valence-corrected chi connectivity index (χ4v) is 2.17. The summed E-state index contributed by atoms with van der Waals surface area (Å²) in [4.78, 5) is 0. The molecule has 1 aliphatic rings. The zero-order valence-corrected chi connectivity index (χ0v) is 9.43. The molecule has 0 amide bonds. The lowest BCUT2D eigenvalue weighted by Crippen LogP contribution is -2.36. The van der Waals surface area contributed by atoms with Crippen LogP contribution in [0.25, 0.3) is 0 Å². The van der Waals surface area contributed by atoms with Crippen LogP contribution in [0.2, 0.25) is 0 Å². The van der Waals surface area contributed by atoms with E-state index < -0.39 is 6.17 Å². The molecule has 76 valence electrons. The second-order valence-corrected chi connectivity index (χ2v) is 4.58. The van der Waals surface area contributed by atoms with Crippen LogP contribution in [-0.2, 0) is 0 Å². The van der Waals surface area contributed by atoms with Gasteiger partial charge in [-0.15, -0.1) is 0 Å². The van der Waals surface area contributed by atoms with Gasteiger partial charge in [-0.1, -0.05) is 28.1 Å². The third-order valence-corrected chi connectivity index (χ3v) is 3.23. The predicted molar refractivity (Wildman–Crippen MR) is 59.3 cm³/mol. The highest BCUT2D eigenvalue weighted by Crippen LogP contribution is 2.28. The quantitative estimate of drug-likeness (QED) is 0.816. The summed E-state index contributed by atoms with van der Waals surface area (Å²) in [5.74, 6) is 0.0735. The van der Waals surface area contributed by atoms with Crippen LogP contribution in [0.5, 0.6) is 0 Å². The van der Waals surface area contributed by atoms with Gasteiger partial charge >= 0.3 is 0 Å². The van der Waals surface area contributed by atoms with E-state index in [0.717, 1.165) is 23.0 Å². The van der Waals surface area contributed by atoms with Crippen molar-refractivity contribution in [1.29, 1.82) is 0 Å². The van der Waals surface area contributed by atoms with Gasteiger partial charge in [0.15, 0.2) is 0 Å². The van der Waals surface area contributed by atoms with Gasteiger partial charge in [0.05, 0.1) is 0 Å². The van der Waals surface area contributed by atoms with Crippen LogP contribution in [0.1, 0.15) is 17.9 Å². The standard InChI is InChI=1S/C11H13BrFN/c12-9-3-1-8(2-4-9)10-5-6-14-7-11(10)13/h1-4,10-11,14H,5-7H2/t10-,11-/m1/s1. The van der Waals surface area contributed by atoms with Gasteiger partial charge in [0, 0.05) is 16.9 Å². The third-order valence-electron chi connectivity index (χ3n) is 2.71. The van der Waals surface area contributed by atoms with Crippen LogP contribution in [-0.4, -0.2) is 19.3 Å². The monoisotopic (exact) mass is 257 g/mol. The van der Waals surface area contributed by atoms with E-state index in [2.05, 4.69) is 21.2 Å². The van der Waals surface area contributed by atoms with E-state index >= 15 is 0 Å². The number of rotatable bonds is 1. The van der Waals surface area contributed by atoms with Crippen molar-refractivity contribution in [3.05, 3.63) is 34.3 Å². The summed E-state index contributed by atoms with van der Waals surface area (Å²) in [7, 11) is 0. The summed E-state index contributed by atoms with van der Waals surface area (Å²) < 4.78 is 14.6. The fourth-order valence-electron chi connectivity index (χ4n) is 1.91. The summed E-state index contributed by atoms with van der Waals surface area (Å²) in [5, 5.41) is 3.06. The Balaban J connectivity index is 2.16. The molecule has 0 radical (unpaired) electrons. The maximum atomic E-state index is 13.6. The molecule has 1 aromatic rings. The first kappa shape index (κ1) is 10.1. The van der Waals surface area contributed by atoms with Gasteiger partial charge in [-0.05, 0) is 30.7 Å². The van der Waals surface area contributed by atoms with Crippen LogP contribution in [0.4, 0.5) is 4.39 Å². The zero-order valence-electron chi connectivity index (χ0n) is 7.84. The van der Waals surface area contributed by atoms with E-state index in [1.165, 1.54) is 0 Å². The summed E-state index contributed by atoms with van der Waals surface area (Å²) in [6, 6.07) is 7.97. The first-order chi connectivity index (χ1) is 6.77. The molecule has 0 spiro atoms. The molecular weight excluding hydrogens is 245 g/mol. The second kappa shape index (κ2) is 4.41. The number of hydrogen-bond acceptors (Lipinski definition) is 1. The van der Waals surface area contributed by atoms with Crippen molar-refractivity contribution >= 4 is 15.9 Å². The molecule has 2 atom stereocenters. The van der Waals surface area contributed by atoms with E-state index in [0.29, 0.717) is 6.54 Å². The van der Waals surface area contributed by atoms with Gasteiger partial charge in [0.25, 0.3) is 0 Å². The van der Waals surface area contributed by atoms with Crippen LogP contribution < -0.4 is 5.32 Å². The van der Waals surface area contributed by atoms with Gasteiger partial charge in [-0.2, -0.15) is 0 Å². The summed E-state index contributed by atoms with van der Waals surface area (Å²) >= 11 is 3.38. The molecule has 0 aliphatic carbocycles. The summed E-state index contributed by atoms with van der Waals surface area (Å²) in [6.07, 6.45) is 0.146. The van der Waals surface area contributed by atoms with Gasteiger partial charge in [-0.25, -0.2) is 4.39 Å². The van der Waals surface area contributed by atoms with E-state index in [9.17, 15) is 4.39 Å². The molecule has 0 saturated carbocycles. The van der Waals surface area contributed by atoms with Crippen LogP contribution >= 0.6 is 15.9 Å². The molecule has 1 saturated heterocycles. The Kier molecular flexibility index (Phi) is 3.19. The number of halogens is 2. The van der Waals surface area contributed by atoms with Gasteiger partial charge in [0.2, 0.25) is 0 Å². The van der Waals surface area contributed by atoms with Crippen molar-refractivity contribution in [2.75, 3.05) is 13.1 Å². The molecule has 1 fully saturated rings. The van der Waals surface area contributed by atoms with E-state index in [1.807, 2.05) is 24.3 Å². The number of nitrogens with one attached hydrogen (secondary N) is 1. The van der Waals surface area contributed by atoms with Crippen molar-refractivity contribution in [1.82, 2.24) is 5.32 Å². The first-order valence-electron chi connectivity index (χ1n) is 4.87. The summed E-state index contributed by atoms with van der Waals surface area (Å²) in [5.41, 5.74) is 1.11. The molecule has 2 rings (SSSR count).